The maximum absolute atomic E-state index is 10.0. The second kappa shape index (κ2) is 5.74. The average molecular weight is 173 g/mol. The third-order valence-corrected chi connectivity index (χ3v) is 1.25. The van der Waals surface area contributed by atoms with Gasteiger partial charge in [-0.25, -0.2) is 4.79 Å². The largest absolute Gasteiger partial charge is 0.478 e. The number of aliphatic carboxylic acids is 1. The molecule has 0 bridgehead atoms. The monoisotopic (exact) mass is 173 g/mol. The molecule has 4 heteroatoms. The van der Waals surface area contributed by atoms with E-state index in [1.54, 1.807) is 13.0 Å². The van der Waals surface area contributed by atoms with Crippen LogP contribution in [0.5, 0.6) is 0 Å². The molecule has 0 radical (unpaired) electrons. The van der Waals surface area contributed by atoms with E-state index in [2.05, 4.69) is 0 Å². The van der Waals surface area contributed by atoms with E-state index in [1.165, 1.54) is 0 Å². The normalized spacial score (nSPS) is 14.0. The first-order valence-electron chi connectivity index (χ1n) is 3.78. The van der Waals surface area contributed by atoms with Gasteiger partial charge in [0.15, 0.2) is 0 Å². The molecule has 0 aliphatic heterocycles. The van der Waals surface area contributed by atoms with Crippen LogP contribution in [0.3, 0.4) is 0 Å². The Balaban J connectivity index is 3.56. The lowest BCUT2D eigenvalue weighted by molar-refractivity contribution is -0.131. The Kier molecular flexibility index (Phi) is 5.32. The molecule has 0 aliphatic rings. The van der Waals surface area contributed by atoms with Crippen molar-refractivity contribution in [1.82, 2.24) is 4.90 Å². The topological polar surface area (TPSA) is 60.8 Å². The molecule has 0 aromatic heterocycles. The van der Waals surface area contributed by atoms with Crippen LogP contribution in [0, 0.1) is 0 Å². The van der Waals surface area contributed by atoms with Crippen molar-refractivity contribution < 1.29 is 15.0 Å². The molecule has 0 saturated heterocycles. The van der Waals surface area contributed by atoms with Crippen LogP contribution < -0.4 is 0 Å². The number of carboxylic acid groups (broad SMARTS) is 1. The minimum atomic E-state index is -0.944. The van der Waals surface area contributed by atoms with E-state index in [-0.39, 0.29) is 6.10 Å². The molecule has 12 heavy (non-hydrogen) atoms. The van der Waals surface area contributed by atoms with E-state index in [1.807, 2.05) is 11.9 Å². The van der Waals surface area contributed by atoms with Gasteiger partial charge < -0.3 is 15.1 Å². The predicted octanol–water partition coefficient (Wildman–Crippen LogP) is -0.0602. The highest BCUT2D eigenvalue weighted by Crippen LogP contribution is 1.88. The Morgan fingerprint density at radius 2 is 2.25 bits per heavy atom. The van der Waals surface area contributed by atoms with Gasteiger partial charge in [0.05, 0.1) is 6.10 Å². The molecule has 0 aromatic rings. The van der Waals surface area contributed by atoms with Crippen molar-refractivity contribution in [2.45, 2.75) is 13.0 Å². The SMILES string of the molecule is CC(O)CN(C)CC=CC(=O)O. The van der Waals surface area contributed by atoms with Gasteiger partial charge in [0.1, 0.15) is 0 Å². The summed E-state index contributed by atoms with van der Waals surface area (Å²) in [6.45, 7) is 2.78. The molecule has 4 nitrogen and oxygen atoms in total. The summed E-state index contributed by atoms with van der Waals surface area (Å²) in [5.74, 6) is -0.944. The fourth-order valence-corrected chi connectivity index (χ4v) is 0.859. The van der Waals surface area contributed by atoms with Crippen molar-refractivity contribution in [1.29, 1.82) is 0 Å². The summed E-state index contributed by atoms with van der Waals surface area (Å²) in [7, 11) is 1.82. The minimum Gasteiger partial charge on any atom is -0.478 e. The second-order valence-corrected chi connectivity index (χ2v) is 2.81. The number of rotatable bonds is 5. The van der Waals surface area contributed by atoms with E-state index < -0.39 is 5.97 Å². The molecule has 70 valence electrons. The van der Waals surface area contributed by atoms with Crippen LogP contribution in [0.15, 0.2) is 12.2 Å². The molecular formula is C8H15NO3. The van der Waals surface area contributed by atoms with Crippen molar-refractivity contribution in [3.05, 3.63) is 12.2 Å². The zero-order valence-electron chi connectivity index (χ0n) is 7.40. The number of likely N-dealkylation sites (N-methyl/N-ethyl adjacent to an activating group) is 1. The van der Waals surface area contributed by atoms with Crippen LogP contribution in [0.4, 0.5) is 0 Å². The molecule has 1 atom stereocenters. The maximum atomic E-state index is 10.0. The maximum Gasteiger partial charge on any atom is 0.328 e. The van der Waals surface area contributed by atoms with Gasteiger partial charge in [-0.1, -0.05) is 6.08 Å². The smallest absolute Gasteiger partial charge is 0.328 e. The van der Waals surface area contributed by atoms with Gasteiger partial charge in [-0.2, -0.15) is 0 Å². The fourth-order valence-electron chi connectivity index (χ4n) is 0.859. The molecule has 0 spiro atoms. The average Bonchev–Trinajstić information content (AvgIpc) is 1.84. The van der Waals surface area contributed by atoms with Gasteiger partial charge in [0.2, 0.25) is 0 Å². The van der Waals surface area contributed by atoms with E-state index in [9.17, 15) is 4.79 Å². The Labute approximate surface area is 72.1 Å². The van der Waals surface area contributed by atoms with Gasteiger partial charge in [-0.05, 0) is 14.0 Å². The van der Waals surface area contributed by atoms with Crippen LogP contribution in [-0.2, 0) is 4.79 Å². The summed E-state index contributed by atoms with van der Waals surface area (Å²) >= 11 is 0. The minimum absolute atomic E-state index is 0.381. The Morgan fingerprint density at radius 3 is 2.67 bits per heavy atom. The number of aliphatic hydroxyl groups excluding tert-OH is 1. The number of aliphatic hydroxyl groups is 1. The molecule has 0 saturated carbocycles. The van der Waals surface area contributed by atoms with Gasteiger partial charge >= 0.3 is 5.97 Å². The Bertz CT molecular complexity index is 166. The predicted molar refractivity (Wildman–Crippen MR) is 46.0 cm³/mol. The third-order valence-electron chi connectivity index (χ3n) is 1.25. The highest BCUT2D eigenvalue weighted by atomic mass is 16.4. The molecule has 0 amide bonds. The van der Waals surface area contributed by atoms with E-state index in [0.29, 0.717) is 13.1 Å². The Hall–Kier alpha value is -0.870. The van der Waals surface area contributed by atoms with Crippen LogP contribution in [-0.4, -0.2) is 47.3 Å². The zero-order chi connectivity index (χ0) is 9.56. The quantitative estimate of drug-likeness (QED) is 0.572. The van der Waals surface area contributed by atoms with Gasteiger partial charge in [0.25, 0.3) is 0 Å². The van der Waals surface area contributed by atoms with Crippen molar-refractivity contribution in [3.8, 4) is 0 Å². The van der Waals surface area contributed by atoms with Crippen LogP contribution in [0.2, 0.25) is 0 Å². The summed E-state index contributed by atoms with van der Waals surface area (Å²) in [6.07, 6.45) is 2.26. The lowest BCUT2D eigenvalue weighted by Crippen LogP contribution is -2.27. The summed E-state index contributed by atoms with van der Waals surface area (Å²) in [6, 6.07) is 0. The van der Waals surface area contributed by atoms with Crippen molar-refractivity contribution in [2.24, 2.45) is 0 Å². The molecule has 0 heterocycles. The molecule has 0 fully saturated rings. The number of nitrogens with zero attached hydrogens (tertiary/aromatic N) is 1. The first-order valence-corrected chi connectivity index (χ1v) is 3.78. The Morgan fingerprint density at radius 1 is 1.67 bits per heavy atom. The first kappa shape index (κ1) is 11.1. The number of carbonyl (C=O) groups is 1. The van der Waals surface area contributed by atoms with E-state index >= 15 is 0 Å². The highest BCUT2D eigenvalue weighted by molar-refractivity contribution is 5.79. The first-order chi connectivity index (χ1) is 5.52. The third kappa shape index (κ3) is 7.24. The summed E-state index contributed by atoms with van der Waals surface area (Å²) in [5.41, 5.74) is 0. The summed E-state index contributed by atoms with van der Waals surface area (Å²) in [4.78, 5) is 11.9. The molecular weight excluding hydrogens is 158 g/mol. The number of hydrogen-bond acceptors (Lipinski definition) is 3. The highest BCUT2D eigenvalue weighted by Gasteiger charge is 1.99. The van der Waals surface area contributed by atoms with Gasteiger partial charge in [0, 0.05) is 19.2 Å². The standard InChI is InChI=1S/C8H15NO3/c1-7(10)6-9(2)5-3-4-8(11)12/h3-4,7,10H,5-6H2,1-2H3,(H,11,12). The van der Waals surface area contributed by atoms with E-state index in [4.69, 9.17) is 10.2 Å². The fraction of sp³-hybridized carbons (Fsp3) is 0.625. The van der Waals surface area contributed by atoms with Crippen molar-refractivity contribution >= 4 is 5.97 Å². The van der Waals surface area contributed by atoms with Gasteiger partial charge in [-0.3, -0.25) is 0 Å². The summed E-state index contributed by atoms with van der Waals surface area (Å²) in [5, 5.41) is 17.2. The second-order valence-electron chi connectivity index (χ2n) is 2.81. The van der Waals surface area contributed by atoms with Crippen LogP contribution >= 0.6 is 0 Å². The molecule has 1 unspecified atom stereocenters. The lowest BCUT2D eigenvalue weighted by atomic mass is 10.3. The van der Waals surface area contributed by atoms with E-state index in [0.717, 1.165) is 6.08 Å². The van der Waals surface area contributed by atoms with Crippen molar-refractivity contribution in [3.63, 3.8) is 0 Å². The number of carboxylic acids is 1. The molecule has 0 rings (SSSR count). The number of hydrogen-bond donors (Lipinski definition) is 2. The molecule has 2 N–H and O–H groups in total. The van der Waals surface area contributed by atoms with Crippen molar-refractivity contribution in [2.75, 3.05) is 20.1 Å². The molecule has 0 aliphatic carbocycles. The van der Waals surface area contributed by atoms with Crippen LogP contribution in [0.1, 0.15) is 6.92 Å². The zero-order valence-corrected chi connectivity index (χ0v) is 7.40. The van der Waals surface area contributed by atoms with Crippen LogP contribution in [0.25, 0.3) is 0 Å². The van der Waals surface area contributed by atoms with Gasteiger partial charge in [-0.15, -0.1) is 0 Å². The molecule has 0 aromatic carbocycles. The lowest BCUT2D eigenvalue weighted by Gasteiger charge is -2.15. The summed E-state index contributed by atoms with van der Waals surface area (Å²) < 4.78 is 0.